The van der Waals surface area contributed by atoms with Gasteiger partial charge in [0.25, 0.3) is 0 Å². The molecule has 7 heteroatoms. The third kappa shape index (κ3) is 2.03. The zero-order valence-corrected chi connectivity index (χ0v) is 12.4. The molecule has 1 fully saturated rings. The molecule has 23 heavy (non-hydrogen) atoms. The second-order valence-corrected chi connectivity index (χ2v) is 5.61. The minimum atomic E-state index is -0.682. The molecule has 3 aromatic rings. The number of H-pyrrole nitrogens is 1. The van der Waals surface area contributed by atoms with Gasteiger partial charge in [-0.15, -0.1) is 0 Å². The molecule has 0 bridgehead atoms. The van der Waals surface area contributed by atoms with E-state index in [1.54, 1.807) is 6.92 Å². The van der Waals surface area contributed by atoms with Crippen LogP contribution in [-0.2, 0) is 4.74 Å². The number of esters is 1. The molecule has 0 atom stereocenters. The molecule has 0 amide bonds. The molecular formula is C16H14FN3O3. The third-order valence-corrected chi connectivity index (χ3v) is 4.08. The van der Waals surface area contributed by atoms with Crippen molar-refractivity contribution in [3.63, 3.8) is 0 Å². The highest BCUT2D eigenvalue weighted by atomic mass is 19.1. The molecule has 1 aromatic carbocycles. The largest absolute Gasteiger partial charge is 0.462 e. The van der Waals surface area contributed by atoms with Crippen LogP contribution in [0.3, 0.4) is 0 Å². The molecule has 0 aliphatic heterocycles. The Kier molecular flexibility index (Phi) is 2.97. The Balaban J connectivity index is 2.13. The second-order valence-electron chi connectivity index (χ2n) is 5.61. The van der Waals surface area contributed by atoms with Gasteiger partial charge in [-0.2, -0.15) is 0 Å². The minimum Gasteiger partial charge on any atom is -0.462 e. The molecule has 6 nitrogen and oxygen atoms in total. The van der Waals surface area contributed by atoms with Crippen LogP contribution < -0.4 is 5.43 Å². The number of carbonyl (C=O) groups is 1. The van der Waals surface area contributed by atoms with E-state index in [1.807, 2.05) is 4.57 Å². The maximum absolute atomic E-state index is 14.2. The van der Waals surface area contributed by atoms with Gasteiger partial charge >= 0.3 is 5.97 Å². The van der Waals surface area contributed by atoms with Crippen molar-refractivity contribution in [2.45, 2.75) is 25.8 Å². The first-order chi connectivity index (χ1) is 11.1. The van der Waals surface area contributed by atoms with Gasteiger partial charge in [-0.3, -0.25) is 4.79 Å². The molecule has 1 aliphatic rings. The van der Waals surface area contributed by atoms with Gasteiger partial charge < -0.3 is 14.3 Å². The average molecular weight is 315 g/mol. The number of halogens is 1. The van der Waals surface area contributed by atoms with E-state index in [2.05, 4.69) is 9.97 Å². The standard InChI is InChI=1S/C16H14FN3O3/c1-2-23-16(22)10-6-20(8-3-4-8)14-9(15(10)21)5-11(17)12-13(14)19-7-18-12/h5-8H,2-4H2,1H3,(H,18,19). The molecule has 1 saturated carbocycles. The van der Waals surface area contributed by atoms with Crippen LogP contribution in [0.2, 0.25) is 0 Å². The molecule has 118 valence electrons. The fourth-order valence-corrected chi connectivity index (χ4v) is 2.90. The van der Waals surface area contributed by atoms with Crippen LogP contribution in [0.15, 0.2) is 23.4 Å². The first-order valence-electron chi connectivity index (χ1n) is 7.49. The monoisotopic (exact) mass is 315 g/mol. The van der Waals surface area contributed by atoms with Crippen LogP contribution in [-0.4, -0.2) is 27.1 Å². The number of fused-ring (bicyclic) bond motifs is 3. The summed E-state index contributed by atoms with van der Waals surface area (Å²) in [5.74, 6) is -1.27. The topological polar surface area (TPSA) is 77.0 Å². The quantitative estimate of drug-likeness (QED) is 0.754. The Morgan fingerprint density at radius 3 is 3.00 bits per heavy atom. The Morgan fingerprint density at radius 2 is 2.30 bits per heavy atom. The van der Waals surface area contributed by atoms with E-state index in [9.17, 15) is 14.0 Å². The maximum atomic E-state index is 14.2. The van der Waals surface area contributed by atoms with E-state index in [0.29, 0.717) is 11.0 Å². The molecule has 1 aliphatic carbocycles. The molecule has 0 radical (unpaired) electrons. The number of aromatic amines is 1. The SMILES string of the molecule is CCOC(=O)c1cn(C2CC2)c2c(cc(F)c3nc[nH]c32)c1=O. The van der Waals surface area contributed by atoms with E-state index < -0.39 is 17.2 Å². The molecular weight excluding hydrogens is 301 g/mol. The first-order valence-corrected chi connectivity index (χ1v) is 7.49. The van der Waals surface area contributed by atoms with Gasteiger partial charge in [0.15, 0.2) is 5.82 Å². The van der Waals surface area contributed by atoms with Crippen molar-refractivity contribution in [3.05, 3.63) is 40.2 Å². The van der Waals surface area contributed by atoms with Crippen molar-refractivity contribution in [3.8, 4) is 0 Å². The van der Waals surface area contributed by atoms with Gasteiger partial charge in [0.1, 0.15) is 11.1 Å². The predicted molar refractivity (Wildman–Crippen MR) is 82.0 cm³/mol. The number of pyridine rings is 1. The van der Waals surface area contributed by atoms with E-state index >= 15 is 0 Å². The normalized spacial score (nSPS) is 14.5. The number of carbonyl (C=O) groups excluding carboxylic acids is 1. The van der Waals surface area contributed by atoms with E-state index in [0.717, 1.165) is 18.9 Å². The van der Waals surface area contributed by atoms with Gasteiger partial charge in [-0.1, -0.05) is 0 Å². The number of nitrogens with one attached hydrogen (secondary N) is 1. The summed E-state index contributed by atoms with van der Waals surface area (Å²) in [7, 11) is 0. The number of aromatic nitrogens is 3. The van der Waals surface area contributed by atoms with Crippen LogP contribution in [0.4, 0.5) is 4.39 Å². The van der Waals surface area contributed by atoms with Crippen molar-refractivity contribution in [1.82, 2.24) is 14.5 Å². The minimum absolute atomic E-state index is 0.0653. The van der Waals surface area contributed by atoms with Crippen LogP contribution in [0.25, 0.3) is 21.9 Å². The van der Waals surface area contributed by atoms with Crippen LogP contribution in [0.5, 0.6) is 0 Å². The zero-order valence-electron chi connectivity index (χ0n) is 12.4. The Bertz CT molecular complexity index is 1000. The molecule has 0 saturated heterocycles. The zero-order chi connectivity index (χ0) is 16.1. The summed E-state index contributed by atoms with van der Waals surface area (Å²) in [6, 6.07) is 1.35. The van der Waals surface area contributed by atoms with Crippen molar-refractivity contribution in [2.75, 3.05) is 6.61 Å². The second kappa shape index (κ2) is 4.91. The van der Waals surface area contributed by atoms with Gasteiger partial charge in [-0.25, -0.2) is 14.2 Å². The summed E-state index contributed by atoms with van der Waals surface area (Å²) in [6.07, 6.45) is 4.83. The lowest BCUT2D eigenvalue weighted by molar-refractivity contribution is 0.0524. The van der Waals surface area contributed by atoms with Gasteiger partial charge in [0, 0.05) is 12.2 Å². The summed E-state index contributed by atoms with van der Waals surface area (Å²) in [5.41, 5.74) is 0.657. The maximum Gasteiger partial charge on any atom is 0.343 e. The third-order valence-electron chi connectivity index (χ3n) is 4.08. The smallest absolute Gasteiger partial charge is 0.343 e. The van der Waals surface area contributed by atoms with E-state index in [4.69, 9.17) is 4.74 Å². The number of hydrogen-bond donors (Lipinski definition) is 1. The summed E-state index contributed by atoms with van der Waals surface area (Å²) < 4.78 is 21.0. The Labute approximate surface area is 129 Å². The summed E-state index contributed by atoms with van der Waals surface area (Å²) in [6.45, 7) is 1.85. The van der Waals surface area contributed by atoms with Crippen molar-refractivity contribution in [1.29, 1.82) is 0 Å². The van der Waals surface area contributed by atoms with E-state index in [1.165, 1.54) is 12.5 Å². The summed E-state index contributed by atoms with van der Waals surface area (Å²) in [5, 5.41) is 0.164. The number of nitrogens with zero attached hydrogens (tertiary/aromatic N) is 2. The van der Waals surface area contributed by atoms with Gasteiger partial charge in [-0.05, 0) is 25.8 Å². The molecule has 4 rings (SSSR count). The van der Waals surface area contributed by atoms with Crippen LogP contribution in [0.1, 0.15) is 36.2 Å². The number of benzene rings is 1. The van der Waals surface area contributed by atoms with Gasteiger partial charge in [0.05, 0.1) is 29.4 Å². The lowest BCUT2D eigenvalue weighted by Gasteiger charge is -2.13. The molecule has 2 aromatic heterocycles. The summed E-state index contributed by atoms with van der Waals surface area (Å²) in [4.78, 5) is 31.6. The Morgan fingerprint density at radius 1 is 1.52 bits per heavy atom. The number of imidazole rings is 1. The van der Waals surface area contributed by atoms with E-state index in [-0.39, 0.29) is 29.1 Å². The first kappa shape index (κ1) is 13.9. The fraction of sp³-hybridized carbons (Fsp3) is 0.312. The summed E-state index contributed by atoms with van der Waals surface area (Å²) >= 11 is 0. The lowest BCUT2D eigenvalue weighted by atomic mass is 10.1. The van der Waals surface area contributed by atoms with Crippen molar-refractivity contribution < 1.29 is 13.9 Å². The lowest BCUT2D eigenvalue weighted by Crippen LogP contribution is -2.21. The van der Waals surface area contributed by atoms with Crippen LogP contribution >= 0.6 is 0 Å². The van der Waals surface area contributed by atoms with Crippen molar-refractivity contribution >= 4 is 27.9 Å². The highest BCUT2D eigenvalue weighted by Crippen LogP contribution is 2.38. The molecule has 0 spiro atoms. The highest BCUT2D eigenvalue weighted by Gasteiger charge is 2.29. The van der Waals surface area contributed by atoms with Crippen molar-refractivity contribution in [2.24, 2.45) is 0 Å². The number of rotatable bonds is 3. The Hall–Kier alpha value is -2.70. The number of ether oxygens (including phenoxy) is 1. The molecule has 1 N–H and O–H groups in total. The molecule has 0 unspecified atom stereocenters. The number of hydrogen-bond acceptors (Lipinski definition) is 4. The molecule has 2 heterocycles. The highest BCUT2D eigenvalue weighted by molar-refractivity contribution is 6.04. The van der Waals surface area contributed by atoms with Gasteiger partial charge in [0.2, 0.25) is 5.43 Å². The van der Waals surface area contributed by atoms with Crippen LogP contribution in [0, 0.1) is 5.82 Å². The predicted octanol–water partition coefficient (Wildman–Crippen LogP) is 2.53. The fourth-order valence-electron chi connectivity index (χ4n) is 2.90. The average Bonchev–Trinajstić information content (AvgIpc) is 3.24.